The molecule has 1 unspecified atom stereocenters. The van der Waals surface area contributed by atoms with E-state index in [1.165, 1.54) is 6.07 Å². The number of hydrogen-bond acceptors (Lipinski definition) is 3. The van der Waals surface area contributed by atoms with Crippen LogP contribution in [0.1, 0.15) is 11.4 Å². The Morgan fingerprint density at radius 1 is 1.37 bits per heavy atom. The van der Waals surface area contributed by atoms with Crippen LogP contribution in [0.2, 0.25) is 0 Å². The molecular formula is C14H19FN4. The van der Waals surface area contributed by atoms with Crippen LogP contribution in [-0.2, 0) is 19.9 Å². The molecule has 102 valence electrons. The topological polar surface area (TPSA) is 42.7 Å². The molecule has 0 bridgehead atoms. The molecular weight excluding hydrogens is 243 g/mol. The summed E-state index contributed by atoms with van der Waals surface area (Å²) in [7, 11) is 3.82. The van der Waals surface area contributed by atoms with Crippen LogP contribution in [0.25, 0.3) is 0 Å². The third kappa shape index (κ3) is 3.86. The molecule has 2 aromatic rings. The number of aromatic nitrogens is 3. The van der Waals surface area contributed by atoms with Gasteiger partial charge in [0.25, 0.3) is 0 Å². The van der Waals surface area contributed by atoms with Crippen molar-refractivity contribution in [3.05, 3.63) is 47.8 Å². The summed E-state index contributed by atoms with van der Waals surface area (Å²) in [5, 5.41) is 7.26. The van der Waals surface area contributed by atoms with Crippen LogP contribution in [0.5, 0.6) is 0 Å². The summed E-state index contributed by atoms with van der Waals surface area (Å²) < 4.78 is 15.0. The Hall–Kier alpha value is -1.75. The Labute approximate surface area is 112 Å². The molecule has 1 heterocycles. The first kappa shape index (κ1) is 13.7. The van der Waals surface area contributed by atoms with Crippen molar-refractivity contribution in [2.24, 2.45) is 13.0 Å². The second kappa shape index (κ2) is 6.43. The third-order valence-corrected chi connectivity index (χ3v) is 3.18. The highest BCUT2D eigenvalue weighted by Crippen LogP contribution is 2.14. The maximum absolute atomic E-state index is 13.2. The molecule has 1 aromatic carbocycles. The fourth-order valence-electron chi connectivity index (χ4n) is 2.27. The van der Waals surface area contributed by atoms with Crippen molar-refractivity contribution in [2.45, 2.75) is 12.8 Å². The van der Waals surface area contributed by atoms with Crippen molar-refractivity contribution < 1.29 is 4.39 Å². The van der Waals surface area contributed by atoms with Gasteiger partial charge in [-0.1, -0.05) is 12.1 Å². The van der Waals surface area contributed by atoms with Gasteiger partial charge in [-0.3, -0.25) is 4.68 Å². The molecule has 1 N–H and O–H groups in total. The number of nitrogens with zero attached hydrogens (tertiary/aromatic N) is 3. The summed E-state index contributed by atoms with van der Waals surface area (Å²) in [6.45, 7) is 0.864. The van der Waals surface area contributed by atoms with E-state index in [1.807, 2.05) is 20.2 Å². The summed E-state index contributed by atoms with van der Waals surface area (Å²) in [4.78, 5) is 4.25. The summed E-state index contributed by atoms with van der Waals surface area (Å²) >= 11 is 0. The average Bonchev–Trinajstić information content (AvgIpc) is 2.75. The van der Waals surface area contributed by atoms with Gasteiger partial charge in [0.15, 0.2) is 0 Å². The van der Waals surface area contributed by atoms with E-state index in [4.69, 9.17) is 0 Å². The van der Waals surface area contributed by atoms with Gasteiger partial charge in [-0.2, -0.15) is 5.10 Å². The van der Waals surface area contributed by atoms with E-state index < -0.39 is 0 Å². The van der Waals surface area contributed by atoms with Crippen molar-refractivity contribution in [1.29, 1.82) is 0 Å². The van der Waals surface area contributed by atoms with Crippen molar-refractivity contribution in [3.8, 4) is 0 Å². The summed E-state index contributed by atoms with van der Waals surface area (Å²) in [6.07, 6.45) is 3.22. The van der Waals surface area contributed by atoms with Crippen LogP contribution in [0.15, 0.2) is 30.6 Å². The summed E-state index contributed by atoms with van der Waals surface area (Å²) in [5.74, 6) is 1.14. The van der Waals surface area contributed by atoms with Crippen molar-refractivity contribution in [1.82, 2.24) is 20.1 Å². The Bertz CT molecular complexity index is 524. The molecule has 1 atom stereocenters. The molecule has 0 fully saturated rings. The van der Waals surface area contributed by atoms with Crippen LogP contribution in [0, 0.1) is 11.7 Å². The zero-order valence-electron chi connectivity index (χ0n) is 11.3. The maximum Gasteiger partial charge on any atom is 0.138 e. The maximum atomic E-state index is 13.2. The van der Waals surface area contributed by atoms with Crippen molar-refractivity contribution in [2.75, 3.05) is 13.6 Å². The lowest BCUT2D eigenvalue weighted by molar-refractivity contribution is 0.470. The standard InChI is InChI=1S/C14H19FN4/c1-16-9-12(8-14-17-10-18-19(14)2)6-11-4-3-5-13(15)7-11/h3-5,7,10,12,16H,6,8-9H2,1-2H3. The van der Waals surface area contributed by atoms with Gasteiger partial charge < -0.3 is 5.32 Å². The monoisotopic (exact) mass is 262 g/mol. The lowest BCUT2D eigenvalue weighted by atomic mass is 9.95. The predicted molar refractivity (Wildman–Crippen MR) is 72.2 cm³/mol. The Kier molecular flexibility index (Phi) is 4.63. The minimum absolute atomic E-state index is 0.181. The van der Waals surface area contributed by atoms with Crippen LogP contribution in [0.3, 0.4) is 0 Å². The van der Waals surface area contributed by atoms with Gasteiger partial charge >= 0.3 is 0 Å². The zero-order valence-corrected chi connectivity index (χ0v) is 11.3. The van der Waals surface area contributed by atoms with Crippen LogP contribution < -0.4 is 5.32 Å². The first-order chi connectivity index (χ1) is 9.19. The van der Waals surface area contributed by atoms with E-state index >= 15 is 0 Å². The molecule has 4 nitrogen and oxygen atoms in total. The van der Waals surface area contributed by atoms with Gasteiger partial charge in [0.05, 0.1) is 0 Å². The number of hydrogen-bond donors (Lipinski definition) is 1. The van der Waals surface area contributed by atoms with E-state index in [2.05, 4.69) is 15.4 Å². The summed E-state index contributed by atoms with van der Waals surface area (Å²) in [5.41, 5.74) is 1.02. The molecule has 0 aliphatic heterocycles. The van der Waals surface area contributed by atoms with Crippen LogP contribution in [-0.4, -0.2) is 28.4 Å². The largest absolute Gasteiger partial charge is 0.319 e. The highest BCUT2D eigenvalue weighted by Gasteiger charge is 2.13. The number of benzene rings is 1. The van der Waals surface area contributed by atoms with Gasteiger partial charge in [0.2, 0.25) is 0 Å². The lowest BCUT2D eigenvalue weighted by Gasteiger charge is -2.16. The highest BCUT2D eigenvalue weighted by atomic mass is 19.1. The van der Waals surface area contributed by atoms with Gasteiger partial charge in [-0.15, -0.1) is 0 Å². The van der Waals surface area contributed by atoms with Gasteiger partial charge in [-0.25, -0.2) is 9.37 Å². The lowest BCUT2D eigenvalue weighted by Crippen LogP contribution is -2.24. The molecule has 19 heavy (non-hydrogen) atoms. The Balaban J connectivity index is 2.06. The molecule has 0 amide bonds. The minimum atomic E-state index is -0.181. The van der Waals surface area contributed by atoms with E-state index in [-0.39, 0.29) is 5.82 Å². The summed E-state index contributed by atoms with van der Waals surface area (Å²) in [6, 6.07) is 6.78. The molecule has 0 saturated carbocycles. The molecule has 0 spiro atoms. The quantitative estimate of drug-likeness (QED) is 0.859. The van der Waals surface area contributed by atoms with E-state index in [0.29, 0.717) is 5.92 Å². The highest BCUT2D eigenvalue weighted by molar-refractivity contribution is 5.17. The van der Waals surface area contributed by atoms with Crippen molar-refractivity contribution in [3.63, 3.8) is 0 Å². The number of nitrogens with one attached hydrogen (secondary N) is 1. The molecule has 0 radical (unpaired) electrons. The average molecular weight is 262 g/mol. The normalized spacial score (nSPS) is 12.6. The van der Waals surface area contributed by atoms with E-state index in [0.717, 1.165) is 30.8 Å². The van der Waals surface area contributed by atoms with Gasteiger partial charge in [-0.05, 0) is 43.6 Å². The van der Waals surface area contributed by atoms with Gasteiger partial charge in [0.1, 0.15) is 18.0 Å². The number of halogens is 1. The number of aryl methyl sites for hydroxylation is 1. The Morgan fingerprint density at radius 3 is 2.84 bits per heavy atom. The first-order valence-corrected chi connectivity index (χ1v) is 6.41. The van der Waals surface area contributed by atoms with Gasteiger partial charge in [0, 0.05) is 13.5 Å². The second-order valence-corrected chi connectivity index (χ2v) is 4.76. The van der Waals surface area contributed by atoms with E-state index in [9.17, 15) is 4.39 Å². The predicted octanol–water partition coefficient (Wildman–Crippen LogP) is 1.57. The Morgan fingerprint density at radius 2 is 2.21 bits per heavy atom. The van der Waals surface area contributed by atoms with E-state index in [1.54, 1.807) is 23.1 Å². The molecule has 1 aromatic heterocycles. The van der Waals surface area contributed by atoms with Crippen LogP contribution >= 0.6 is 0 Å². The molecule has 0 aliphatic rings. The molecule has 0 saturated heterocycles. The van der Waals surface area contributed by atoms with Crippen LogP contribution in [0.4, 0.5) is 4.39 Å². The second-order valence-electron chi connectivity index (χ2n) is 4.76. The smallest absolute Gasteiger partial charge is 0.138 e. The zero-order chi connectivity index (χ0) is 13.7. The number of rotatable bonds is 6. The molecule has 0 aliphatic carbocycles. The molecule has 5 heteroatoms. The first-order valence-electron chi connectivity index (χ1n) is 6.41. The fraction of sp³-hybridized carbons (Fsp3) is 0.429. The van der Waals surface area contributed by atoms with Crippen molar-refractivity contribution >= 4 is 0 Å². The molecule has 2 rings (SSSR count). The minimum Gasteiger partial charge on any atom is -0.319 e. The third-order valence-electron chi connectivity index (χ3n) is 3.18. The fourth-order valence-corrected chi connectivity index (χ4v) is 2.27. The SMILES string of the molecule is CNCC(Cc1cccc(F)c1)Cc1ncnn1C.